The van der Waals surface area contributed by atoms with Crippen LogP contribution in [-0.4, -0.2) is 37.2 Å². The van der Waals surface area contributed by atoms with Crippen molar-refractivity contribution in [3.8, 4) is 5.75 Å². The van der Waals surface area contributed by atoms with Gasteiger partial charge in [-0.05, 0) is 19.9 Å². The van der Waals surface area contributed by atoms with Gasteiger partial charge in [-0.3, -0.25) is 4.90 Å². The lowest BCUT2D eigenvalue weighted by atomic mass is 10.1. The van der Waals surface area contributed by atoms with E-state index in [-0.39, 0.29) is 12.4 Å². The summed E-state index contributed by atoms with van der Waals surface area (Å²) in [6.07, 6.45) is 0. The smallest absolute Gasteiger partial charge is 0.125 e. The van der Waals surface area contributed by atoms with Gasteiger partial charge in [0.15, 0.2) is 0 Å². The van der Waals surface area contributed by atoms with Crippen LogP contribution in [0.2, 0.25) is 10.0 Å². The Morgan fingerprint density at radius 1 is 1.35 bits per heavy atom. The topological polar surface area (TPSA) is 24.5 Å². The van der Waals surface area contributed by atoms with Crippen LogP contribution in [0.3, 0.4) is 0 Å². The summed E-state index contributed by atoms with van der Waals surface area (Å²) >= 11 is 12.2. The first-order chi connectivity index (χ1) is 9.10. The maximum absolute atomic E-state index is 6.11. The summed E-state index contributed by atoms with van der Waals surface area (Å²) in [5.74, 6) is 0.836. The minimum absolute atomic E-state index is 0. The van der Waals surface area contributed by atoms with Gasteiger partial charge >= 0.3 is 0 Å². The first-order valence-corrected chi connectivity index (χ1v) is 7.42. The van der Waals surface area contributed by atoms with Crippen molar-refractivity contribution in [3.05, 3.63) is 27.7 Å². The number of hydrogen-bond acceptors (Lipinski definition) is 3. The Morgan fingerprint density at radius 2 is 2.05 bits per heavy atom. The van der Waals surface area contributed by atoms with Crippen LogP contribution in [-0.2, 0) is 6.54 Å². The fourth-order valence-electron chi connectivity index (χ4n) is 2.38. The molecule has 1 aromatic rings. The third kappa shape index (κ3) is 4.68. The lowest BCUT2D eigenvalue weighted by molar-refractivity contribution is 0.196. The molecule has 1 aromatic carbocycles. The van der Waals surface area contributed by atoms with E-state index in [9.17, 15) is 0 Å². The molecule has 1 saturated heterocycles. The fraction of sp³-hybridized carbons (Fsp3) is 0.571. The van der Waals surface area contributed by atoms with Gasteiger partial charge in [0.1, 0.15) is 5.75 Å². The van der Waals surface area contributed by atoms with Crippen LogP contribution in [0.5, 0.6) is 5.75 Å². The number of ether oxygens (including phenoxy) is 1. The molecule has 0 unspecified atom stereocenters. The second kappa shape index (κ2) is 8.30. The van der Waals surface area contributed by atoms with Crippen LogP contribution in [0.1, 0.15) is 19.4 Å². The van der Waals surface area contributed by atoms with Crippen LogP contribution >= 0.6 is 35.6 Å². The SMILES string of the molecule is CCOc1cc(Cl)c(Cl)cc1CN1CCN[C@@H](C)C1.Cl. The van der Waals surface area contributed by atoms with Gasteiger partial charge in [-0.1, -0.05) is 23.2 Å². The van der Waals surface area contributed by atoms with E-state index in [0.717, 1.165) is 37.5 Å². The van der Waals surface area contributed by atoms with E-state index in [1.54, 1.807) is 0 Å². The second-order valence-electron chi connectivity index (χ2n) is 4.90. The molecule has 0 aliphatic carbocycles. The Kier molecular flexibility index (Phi) is 7.41. The minimum Gasteiger partial charge on any atom is -0.493 e. The molecule has 1 fully saturated rings. The molecule has 1 atom stereocenters. The van der Waals surface area contributed by atoms with Gasteiger partial charge in [-0.2, -0.15) is 0 Å². The molecule has 6 heteroatoms. The van der Waals surface area contributed by atoms with Gasteiger partial charge in [0.2, 0.25) is 0 Å². The zero-order chi connectivity index (χ0) is 13.8. The minimum atomic E-state index is 0. The van der Waals surface area contributed by atoms with Crippen LogP contribution in [0, 0.1) is 0 Å². The van der Waals surface area contributed by atoms with E-state index < -0.39 is 0 Å². The van der Waals surface area contributed by atoms with Gasteiger partial charge < -0.3 is 10.1 Å². The Balaban J connectivity index is 0.00000200. The first kappa shape index (κ1) is 17.9. The van der Waals surface area contributed by atoms with Crippen molar-refractivity contribution < 1.29 is 4.74 Å². The van der Waals surface area contributed by atoms with Gasteiger partial charge in [0.25, 0.3) is 0 Å². The quantitative estimate of drug-likeness (QED) is 0.907. The molecule has 2 rings (SSSR count). The van der Waals surface area contributed by atoms with Crippen molar-refractivity contribution in [2.75, 3.05) is 26.2 Å². The molecule has 20 heavy (non-hydrogen) atoms. The van der Waals surface area contributed by atoms with Gasteiger partial charge in [-0.15, -0.1) is 12.4 Å². The highest BCUT2D eigenvalue weighted by Crippen LogP contribution is 2.31. The first-order valence-electron chi connectivity index (χ1n) is 6.66. The number of hydrogen-bond donors (Lipinski definition) is 1. The monoisotopic (exact) mass is 338 g/mol. The molecule has 0 radical (unpaired) electrons. The Labute approximate surface area is 137 Å². The Bertz CT molecular complexity index is 443. The van der Waals surface area contributed by atoms with Gasteiger partial charge in [0.05, 0.1) is 16.7 Å². The van der Waals surface area contributed by atoms with Crippen LogP contribution in [0.15, 0.2) is 12.1 Å². The highest BCUT2D eigenvalue weighted by Gasteiger charge is 2.18. The molecule has 0 aromatic heterocycles. The summed E-state index contributed by atoms with van der Waals surface area (Å²) in [4.78, 5) is 2.41. The molecule has 0 spiro atoms. The van der Waals surface area contributed by atoms with Crippen molar-refractivity contribution in [1.29, 1.82) is 0 Å². The Morgan fingerprint density at radius 3 is 2.70 bits per heavy atom. The average Bonchev–Trinajstić information content (AvgIpc) is 2.36. The highest BCUT2D eigenvalue weighted by molar-refractivity contribution is 6.42. The second-order valence-corrected chi connectivity index (χ2v) is 5.71. The molecule has 0 bridgehead atoms. The molecule has 1 aliphatic heterocycles. The molecule has 1 heterocycles. The van der Waals surface area contributed by atoms with Crippen molar-refractivity contribution in [3.63, 3.8) is 0 Å². The lowest BCUT2D eigenvalue weighted by Gasteiger charge is -2.32. The van der Waals surface area contributed by atoms with E-state index >= 15 is 0 Å². The average molecular weight is 340 g/mol. The standard InChI is InChI=1S/C14H20Cl2N2O.ClH/c1-3-19-14-7-13(16)12(15)6-11(14)9-18-5-4-17-10(2)8-18;/h6-7,10,17H,3-5,8-9H2,1-2H3;1H/t10-;/m0./s1. The van der Waals surface area contributed by atoms with E-state index in [4.69, 9.17) is 27.9 Å². The van der Waals surface area contributed by atoms with Crippen molar-refractivity contribution in [2.45, 2.75) is 26.4 Å². The van der Waals surface area contributed by atoms with Crippen molar-refractivity contribution >= 4 is 35.6 Å². The number of nitrogens with one attached hydrogen (secondary N) is 1. The molecule has 1 N–H and O–H groups in total. The number of halogens is 3. The third-order valence-corrected chi connectivity index (χ3v) is 3.97. The molecular weight excluding hydrogens is 319 g/mol. The summed E-state index contributed by atoms with van der Waals surface area (Å²) in [5, 5.41) is 4.57. The summed E-state index contributed by atoms with van der Waals surface area (Å²) in [5.41, 5.74) is 1.10. The Hall–Kier alpha value is -0.190. The van der Waals surface area contributed by atoms with Crippen LogP contribution in [0.25, 0.3) is 0 Å². The predicted octanol–water partition coefficient (Wildman–Crippen LogP) is 3.61. The number of benzene rings is 1. The fourth-order valence-corrected chi connectivity index (χ4v) is 2.72. The molecule has 3 nitrogen and oxygen atoms in total. The zero-order valence-electron chi connectivity index (χ0n) is 11.8. The van der Waals surface area contributed by atoms with Crippen LogP contribution in [0.4, 0.5) is 0 Å². The normalized spacial score (nSPS) is 19.5. The highest BCUT2D eigenvalue weighted by atomic mass is 35.5. The number of piperazine rings is 1. The van der Waals surface area contributed by atoms with Crippen molar-refractivity contribution in [2.24, 2.45) is 0 Å². The zero-order valence-corrected chi connectivity index (χ0v) is 14.1. The predicted molar refractivity (Wildman–Crippen MR) is 87.6 cm³/mol. The largest absolute Gasteiger partial charge is 0.493 e. The maximum atomic E-state index is 6.11. The molecule has 0 amide bonds. The maximum Gasteiger partial charge on any atom is 0.125 e. The molecular formula is C14H21Cl3N2O. The van der Waals surface area contributed by atoms with E-state index in [2.05, 4.69) is 17.1 Å². The van der Waals surface area contributed by atoms with Crippen molar-refractivity contribution in [1.82, 2.24) is 10.2 Å². The number of nitrogens with zero attached hydrogens (tertiary/aromatic N) is 1. The third-order valence-electron chi connectivity index (χ3n) is 3.25. The molecule has 1 aliphatic rings. The summed E-state index contributed by atoms with van der Waals surface area (Å²) < 4.78 is 5.66. The van der Waals surface area contributed by atoms with E-state index in [1.165, 1.54) is 0 Å². The lowest BCUT2D eigenvalue weighted by Crippen LogP contribution is -2.48. The summed E-state index contributed by atoms with van der Waals surface area (Å²) in [7, 11) is 0. The summed E-state index contributed by atoms with van der Waals surface area (Å²) in [6, 6.07) is 4.25. The summed E-state index contributed by atoms with van der Waals surface area (Å²) in [6.45, 7) is 8.74. The van der Waals surface area contributed by atoms with E-state index in [0.29, 0.717) is 22.7 Å². The van der Waals surface area contributed by atoms with E-state index in [1.807, 2.05) is 19.1 Å². The van der Waals surface area contributed by atoms with Gasteiger partial charge in [-0.25, -0.2) is 0 Å². The number of rotatable bonds is 4. The van der Waals surface area contributed by atoms with Gasteiger partial charge in [0, 0.05) is 43.9 Å². The van der Waals surface area contributed by atoms with Crippen LogP contribution < -0.4 is 10.1 Å². The molecule has 114 valence electrons. The molecule has 0 saturated carbocycles.